The molecule has 3 aromatic heterocycles. The molecular weight excluding hydrogens is 334 g/mol. The summed E-state index contributed by atoms with van der Waals surface area (Å²) in [5.74, 6) is -0.189. The molecule has 0 unspecified atom stereocenters. The zero-order chi connectivity index (χ0) is 17.9. The number of rotatable bonds is 4. The fraction of sp³-hybridized carbons (Fsp3) is 0. The summed E-state index contributed by atoms with van der Waals surface area (Å²) < 4.78 is 0. The van der Waals surface area contributed by atoms with E-state index in [0.29, 0.717) is 22.5 Å². The van der Waals surface area contributed by atoms with Crippen LogP contribution in [0.25, 0.3) is 11.0 Å². The van der Waals surface area contributed by atoms with Crippen LogP contribution in [0.15, 0.2) is 55.0 Å². The van der Waals surface area contributed by atoms with Gasteiger partial charge in [0.15, 0.2) is 0 Å². The van der Waals surface area contributed by atoms with E-state index in [2.05, 4.69) is 35.6 Å². The number of pyridine rings is 1. The summed E-state index contributed by atoms with van der Waals surface area (Å²) in [6.45, 7) is 0. The van der Waals surface area contributed by atoms with Crippen molar-refractivity contribution in [2.75, 3.05) is 10.6 Å². The zero-order valence-corrected chi connectivity index (χ0v) is 13.4. The average molecular weight is 347 g/mol. The van der Waals surface area contributed by atoms with Crippen LogP contribution in [0.5, 0.6) is 0 Å². The Labute approximate surface area is 146 Å². The molecule has 1 aromatic carbocycles. The number of carbonyl (C=O) groups is 2. The molecule has 0 spiro atoms. The van der Waals surface area contributed by atoms with Crippen molar-refractivity contribution in [2.24, 2.45) is 0 Å². The van der Waals surface area contributed by atoms with E-state index >= 15 is 0 Å². The van der Waals surface area contributed by atoms with Crippen molar-refractivity contribution in [2.45, 2.75) is 0 Å². The number of carbonyl (C=O) groups excluding carboxylic acids is 2. The molecule has 0 fully saturated rings. The molecular formula is C17H13N7O2. The van der Waals surface area contributed by atoms with Gasteiger partial charge >= 0.3 is 0 Å². The Hall–Kier alpha value is -4.01. The summed E-state index contributed by atoms with van der Waals surface area (Å²) in [4.78, 5) is 42.7. The Kier molecular flexibility index (Phi) is 3.86. The lowest BCUT2D eigenvalue weighted by Crippen LogP contribution is -2.14. The van der Waals surface area contributed by atoms with Gasteiger partial charge in [-0.2, -0.15) is 0 Å². The number of aromatic nitrogens is 5. The van der Waals surface area contributed by atoms with E-state index in [1.54, 1.807) is 42.6 Å². The van der Waals surface area contributed by atoms with Crippen molar-refractivity contribution in [1.82, 2.24) is 24.9 Å². The van der Waals surface area contributed by atoms with E-state index in [1.807, 2.05) is 0 Å². The molecule has 4 aromatic rings. The molecule has 4 N–H and O–H groups in total. The molecule has 128 valence electrons. The van der Waals surface area contributed by atoms with Gasteiger partial charge in [-0.3, -0.25) is 25.2 Å². The van der Waals surface area contributed by atoms with Crippen LogP contribution in [0.2, 0.25) is 0 Å². The SMILES string of the molecule is O=C(Nc1nc2c(C(=O)Nc3ncc[nH]3)cccc2[nH]1)c1ccccn1. The van der Waals surface area contributed by atoms with Crippen molar-refractivity contribution in [3.63, 3.8) is 0 Å². The lowest BCUT2D eigenvalue weighted by molar-refractivity contribution is 0.101. The van der Waals surface area contributed by atoms with Gasteiger partial charge in [-0.05, 0) is 24.3 Å². The highest BCUT2D eigenvalue weighted by atomic mass is 16.2. The number of amides is 2. The summed E-state index contributed by atoms with van der Waals surface area (Å²) in [5.41, 5.74) is 1.68. The number of hydrogen-bond donors (Lipinski definition) is 4. The summed E-state index contributed by atoms with van der Waals surface area (Å²) in [6, 6.07) is 10.2. The van der Waals surface area contributed by atoms with Crippen LogP contribution in [0.4, 0.5) is 11.9 Å². The third-order valence-electron chi connectivity index (χ3n) is 3.62. The third kappa shape index (κ3) is 3.00. The number of fused-ring (bicyclic) bond motifs is 1. The standard InChI is InChI=1S/C17H13N7O2/c25-14(23-16-19-8-9-20-16)10-4-3-6-11-13(10)22-17(21-11)24-15(26)12-5-1-2-7-18-12/h1-9H,(H2,19,20,23,25)(H2,21,22,24,26). The van der Waals surface area contributed by atoms with Gasteiger partial charge in [0.1, 0.15) is 11.2 Å². The number of para-hydroxylation sites is 1. The molecule has 3 heterocycles. The first-order valence-corrected chi connectivity index (χ1v) is 7.72. The second-order valence-electron chi connectivity index (χ2n) is 5.35. The van der Waals surface area contributed by atoms with Crippen molar-refractivity contribution >= 4 is 34.7 Å². The molecule has 9 nitrogen and oxygen atoms in total. The minimum Gasteiger partial charge on any atom is -0.331 e. The van der Waals surface area contributed by atoms with E-state index in [1.165, 1.54) is 12.4 Å². The van der Waals surface area contributed by atoms with Gasteiger partial charge in [0.25, 0.3) is 11.8 Å². The third-order valence-corrected chi connectivity index (χ3v) is 3.62. The van der Waals surface area contributed by atoms with Gasteiger partial charge in [0.2, 0.25) is 11.9 Å². The topological polar surface area (TPSA) is 128 Å². The normalized spacial score (nSPS) is 10.6. The highest BCUT2D eigenvalue weighted by molar-refractivity contribution is 6.11. The smallest absolute Gasteiger partial charge is 0.276 e. The second-order valence-corrected chi connectivity index (χ2v) is 5.35. The van der Waals surface area contributed by atoms with Crippen molar-refractivity contribution in [3.8, 4) is 0 Å². The fourth-order valence-electron chi connectivity index (χ4n) is 2.45. The number of nitrogens with one attached hydrogen (secondary N) is 4. The minimum atomic E-state index is -0.397. The largest absolute Gasteiger partial charge is 0.331 e. The van der Waals surface area contributed by atoms with Gasteiger partial charge in [0, 0.05) is 18.6 Å². The lowest BCUT2D eigenvalue weighted by Gasteiger charge is -2.02. The number of hydrogen-bond acceptors (Lipinski definition) is 5. The van der Waals surface area contributed by atoms with Crippen LogP contribution in [0, 0.1) is 0 Å². The maximum absolute atomic E-state index is 12.5. The number of H-pyrrole nitrogens is 2. The number of anilines is 2. The number of nitrogens with zero attached hydrogens (tertiary/aromatic N) is 3. The summed E-state index contributed by atoms with van der Waals surface area (Å²) >= 11 is 0. The molecule has 0 aliphatic heterocycles. The van der Waals surface area contributed by atoms with Crippen LogP contribution in [0.1, 0.15) is 20.8 Å². The lowest BCUT2D eigenvalue weighted by atomic mass is 10.2. The van der Waals surface area contributed by atoms with Crippen LogP contribution in [0.3, 0.4) is 0 Å². The Morgan fingerprint density at radius 2 is 1.77 bits per heavy atom. The van der Waals surface area contributed by atoms with Crippen molar-refractivity contribution in [1.29, 1.82) is 0 Å². The predicted octanol–water partition coefficient (Wildman–Crippen LogP) is 2.19. The van der Waals surface area contributed by atoms with Crippen LogP contribution in [-0.2, 0) is 0 Å². The Morgan fingerprint density at radius 3 is 2.54 bits per heavy atom. The first-order chi connectivity index (χ1) is 12.7. The average Bonchev–Trinajstić information content (AvgIpc) is 3.31. The van der Waals surface area contributed by atoms with Gasteiger partial charge < -0.3 is 9.97 Å². The van der Waals surface area contributed by atoms with Gasteiger partial charge in [-0.25, -0.2) is 9.97 Å². The van der Waals surface area contributed by atoms with E-state index < -0.39 is 5.91 Å². The van der Waals surface area contributed by atoms with E-state index in [0.717, 1.165) is 0 Å². The van der Waals surface area contributed by atoms with E-state index in [9.17, 15) is 9.59 Å². The molecule has 0 saturated carbocycles. The predicted molar refractivity (Wildman–Crippen MR) is 94.8 cm³/mol. The Balaban J connectivity index is 1.61. The highest BCUT2D eigenvalue weighted by Crippen LogP contribution is 2.20. The highest BCUT2D eigenvalue weighted by Gasteiger charge is 2.16. The Bertz CT molecular complexity index is 1070. The monoisotopic (exact) mass is 347 g/mol. The van der Waals surface area contributed by atoms with Crippen molar-refractivity contribution in [3.05, 3.63) is 66.2 Å². The van der Waals surface area contributed by atoms with E-state index in [4.69, 9.17) is 0 Å². The molecule has 9 heteroatoms. The number of imidazole rings is 2. The first-order valence-electron chi connectivity index (χ1n) is 7.72. The maximum Gasteiger partial charge on any atom is 0.276 e. The molecule has 2 amide bonds. The number of benzene rings is 1. The summed E-state index contributed by atoms with van der Waals surface area (Å²) in [5, 5.41) is 5.29. The maximum atomic E-state index is 12.5. The second kappa shape index (κ2) is 6.48. The molecule has 0 saturated heterocycles. The molecule has 0 aliphatic carbocycles. The molecule has 0 atom stereocenters. The summed E-state index contributed by atoms with van der Waals surface area (Å²) in [7, 11) is 0. The summed E-state index contributed by atoms with van der Waals surface area (Å²) in [6.07, 6.45) is 4.68. The van der Waals surface area contributed by atoms with Crippen LogP contribution < -0.4 is 10.6 Å². The first kappa shape index (κ1) is 15.5. The molecule has 4 rings (SSSR count). The minimum absolute atomic E-state index is 0.230. The van der Waals surface area contributed by atoms with Gasteiger partial charge in [0.05, 0.1) is 11.1 Å². The Morgan fingerprint density at radius 1 is 0.885 bits per heavy atom. The van der Waals surface area contributed by atoms with Crippen LogP contribution >= 0.6 is 0 Å². The molecule has 0 bridgehead atoms. The van der Waals surface area contributed by atoms with Gasteiger partial charge in [-0.1, -0.05) is 12.1 Å². The quantitative estimate of drug-likeness (QED) is 0.450. The number of aromatic amines is 2. The fourth-order valence-corrected chi connectivity index (χ4v) is 2.45. The molecule has 0 aliphatic rings. The van der Waals surface area contributed by atoms with E-state index in [-0.39, 0.29) is 17.5 Å². The van der Waals surface area contributed by atoms with Crippen LogP contribution in [-0.4, -0.2) is 36.7 Å². The molecule has 0 radical (unpaired) electrons. The van der Waals surface area contributed by atoms with Gasteiger partial charge in [-0.15, -0.1) is 0 Å². The van der Waals surface area contributed by atoms with Crippen molar-refractivity contribution < 1.29 is 9.59 Å². The molecule has 26 heavy (non-hydrogen) atoms. The zero-order valence-electron chi connectivity index (χ0n) is 13.4.